The normalized spacial score (nSPS) is 24.8. The maximum Gasteiger partial charge on any atom is 0.316 e. The molecule has 2 fully saturated rings. The fraction of sp³-hybridized carbons (Fsp3) is 0.243. The molecule has 2 bridgehead atoms. The van der Waals surface area contributed by atoms with Crippen LogP contribution in [0, 0.1) is 31.6 Å². The predicted molar refractivity (Wildman–Crippen MR) is 164 cm³/mol. The van der Waals surface area contributed by atoms with E-state index in [-0.39, 0.29) is 48.3 Å². The Morgan fingerprint density at radius 1 is 0.727 bits per heavy atom. The van der Waals surface area contributed by atoms with Gasteiger partial charge in [0.1, 0.15) is 5.75 Å². The molecule has 0 radical (unpaired) electrons. The van der Waals surface area contributed by atoms with Crippen LogP contribution in [0.3, 0.4) is 0 Å². The first-order valence-electron chi connectivity index (χ1n) is 15.1. The summed E-state index contributed by atoms with van der Waals surface area (Å²) >= 11 is 0. The van der Waals surface area contributed by atoms with Crippen molar-refractivity contribution in [2.45, 2.75) is 32.1 Å². The number of hydrogen-bond donors (Lipinski definition) is 0. The van der Waals surface area contributed by atoms with Gasteiger partial charge >= 0.3 is 5.97 Å². The van der Waals surface area contributed by atoms with Gasteiger partial charge in [0.15, 0.2) is 0 Å². The Morgan fingerprint density at radius 3 is 1.89 bits per heavy atom. The van der Waals surface area contributed by atoms with Crippen LogP contribution in [-0.2, 0) is 19.2 Å². The van der Waals surface area contributed by atoms with Crippen LogP contribution in [0.1, 0.15) is 51.6 Å². The quantitative estimate of drug-likeness (QED) is 0.176. The van der Waals surface area contributed by atoms with Gasteiger partial charge < -0.3 is 9.64 Å². The third-order valence-corrected chi connectivity index (χ3v) is 9.84. The molecule has 0 saturated carbocycles. The molecule has 5 aliphatic rings. The maximum atomic E-state index is 14.1. The molecule has 7 nitrogen and oxygen atoms in total. The van der Waals surface area contributed by atoms with E-state index in [1.165, 1.54) is 4.90 Å². The minimum Gasteiger partial charge on any atom is -0.426 e. The van der Waals surface area contributed by atoms with Crippen LogP contribution in [0.2, 0.25) is 0 Å². The largest absolute Gasteiger partial charge is 0.426 e. The Morgan fingerprint density at radius 2 is 1.32 bits per heavy atom. The molecule has 0 spiro atoms. The van der Waals surface area contributed by atoms with Crippen molar-refractivity contribution >= 4 is 35.1 Å². The molecule has 2 aliphatic heterocycles. The summed E-state index contributed by atoms with van der Waals surface area (Å²) in [5, 5.41) is 0. The van der Waals surface area contributed by atoms with Crippen molar-refractivity contribution in [3.05, 3.63) is 124 Å². The summed E-state index contributed by atoms with van der Waals surface area (Å²) in [6, 6.07) is 28.7. The standard InChI is InChI=1S/C37H30N2O5/c1-20-14-15-29(21(2)16-20)38-19-22(17-30(38)40)37(43)44-24-9-7-8-23(18-24)39-35(41)33-31-25-10-3-4-11-26(25)32(34(33)36(39)42)28-13-6-5-12-27(28)31/h3-16,18,22,31-34H,17,19H2,1-2H3/t22-,31?,32?,33+,34+/m1/s1. The van der Waals surface area contributed by atoms with Crippen LogP contribution in [0.5, 0.6) is 5.75 Å². The van der Waals surface area contributed by atoms with Gasteiger partial charge in [-0.05, 0) is 59.9 Å². The third kappa shape index (κ3) is 3.81. The molecule has 4 aromatic rings. The Labute approximate surface area is 255 Å². The number of rotatable bonds is 4. The van der Waals surface area contributed by atoms with E-state index in [9.17, 15) is 19.2 Å². The molecular weight excluding hydrogens is 552 g/mol. The molecule has 3 aliphatic carbocycles. The molecule has 7 heteroatoms. The zero-order chi connectivity index (χ0) is 30.3. The molecule has 2 saturated heterocycles. The SMILES string of the molecule is Cc1ccc(N2C[C@H](C(=O)Oc3cccc(N4C(=O)[C@H]5C6c7ccccc7C(c7ccccc76)[C@@H]5C4=O)c3)CC2=O)c(C)c1. The van der Waals surface area contributed by atoms with Crippen molar-refractivity contribution in [3.63, 3.8) is 0 Å². The molecular formula is C37H30N2O5. The van der Waals surface area contributed by atoms with Gasteiger partial charge in [-0.15, -0.1) is 0 Å². The second kappa shape index (κ2) is 9.74. The van der Waals surface area contributed by atoms with E-state index in [2.05, 4.69) is 24.3 Å². The number of ether oxygens (including phenoxy) is 1. The number of aryl methyl sites for hydroxylation is 2. The number of carbonyl (C=O) groups is 4. The van der Waals surface area contributed by atoms with Crippen molar-refractivity contribution in [2.75, 3.05) is 16.3 Å². The molecule has 9 rings (SSSR count). The van der Waals surface area contributed by atoms with Crippen LogP contribution in [0.15, 0.2) is 91.0 Å². The minimum absolute atomic E-state index is 0.0577. The maximum absolute atomic E-state index is 14.1. The molecule has 2 heterocycles. The summed E-state index contributed by atoms with van der Waals surface area (Å²) in [4.78, 5) is 57.3. The van der Waals surface area contributed by atoms with Crippen molar-refractivity contribution in [3.8, 4) is 5.75 Å². The number of amides is 3. The summed E-state index contributed by atoms with van der Waals surface area (Å²) in [7, 11) is 0. The van der Waals surface area contributed by atoms with Crippen molar-refractivity contribution in [1.29, 1.82) is 0 Å². The number of benzene rings is 4. The molecule has 44 heavy (non-hydrogen) atoms. The Hall–Kier alpha value is -5.04. The number of carbonyl (C=O) groups excluding carboxylic acids is 4. The average molecular weight is 583 g/mol. The van der Waals surface area contributed by atoms with Gasteiger partial charge in [-0.1, -0.05) is 72.3 Å². The van der Waals surface area contributed by atoms with E-state index in [1.807, 2.05) is 56.3 Å². The van der Waals surface area contributed by atoms with Crippen LogP contribution in [-0.4, -0.2) is 30.2 Å². The topological polar surface area (TPSA) is 84.0 Å². The average Bonchev–Trinajstić information content (AvgIpc) is 3.54. The van der Waals surface area contributed by atoms with E-state index < -0.39 is 23.7 Å². The lowest BCUT2D eigenvalue weighted by molar-refractivity contribution is -0.139. The van der Waals surface area contributed by atoms with Gasteiger partial charge in [0.05, 0.1) is 23.4 Å². The molecule has 218 valence electrons. The first-order valence-corrected chi connectivity index (χ1v) is 15.1. The second-order valence-corrected chi connectivity index (χ2v) is 12.4. The van der Waals surface area contributed by atoms with Gasteiger partial charge in [0.2, 0.25) is 17.7 Å². The highest BCUT2D eigenvalue weighted by Gasteiger charge is 2.61. The fourth-order valence-electron chi connectivity index (χ4n) is 8.02. The number of nitrogens with zero attached hydrogens (tertiary/aromatic N) is 2. The lowest BCUT2D eigenvalue weighted by Gasteiger charge is -2.45. The van der Waals surface area contributed by atoms with E-state index in [0.717, 1.165) is 39.1 Å². The summed E-state index contributed by atoms with van der Waals surface area (Å²) in [5.41, 5.74) is 7.71. The van der Waals surface area contributed by atoms with Gasteiger partial charge in [-0.2, -0.15) is 0 Å². The number of hydrogen-bond acceptors (Lipinski definition) is 5. The zero-order valence-electron chi connectivity index (χ0n) is 24.4. The second-order valence-electron chi connectivity index (χ2n) is 12.4. The Balaban J connectivity index is 1.06. The lowest BCUT2D eigenvalue weighted by atomic mass is 9.55. The molecule has 0 unspecified atom stereocenters. The van der Waals surface area contributed by atoms with E-state index in [1.54, 1.807) is 29.2 Å². The first kappa shape index (κ1) is 26.6. The highest BCUT2D eigenvalue weighted by Crippen LogP contribution is 2.61. The Kier molecular flexibility index (Phi) is 5.88. The highest BCUT2D eigenvalue weighted by atomic mass is 16.5. The van der Waals surface area contributed by atoms with Crippen molar-refractivity contribution < 1.29 is 23.9 Å². The monoisotopic (exact) mass is 582 g/mol. The molecule has 0 aromatic heterocycles. The summed E-state index contributed by atoms with van der Waals surface area (Å²) in [6.07, 6.45) is 0.0577. The van der Waals surface area contributed by atoms with Gasteiger partial charge in [0.25, 0.3) is 0 Å². The van der Waals surface area contributed by atoms with Crippen molar-refractivity contribution in [2.24, 2.45) is 17.8 Å². The molecule has 0 N–H and O–H groups in total. The highest BCUT2D eigenvalue weighted by molar-refractivity contribution is 6.23. The predicted octanol–water partition coefficient (Wildman–Crippen LogP) is 5.66. The van der Waals surface area contributed by atoms with Crippen LogP contribution >= 0.6 is 0 Å². The van der Waals surface area contributed by atoms with Crippen LogP contribution in [0.25, 0.3) is 0 Å². The Bertz CT molecular complexity index is 1800. The number of imide groups is 1. The lowest BCUT2D eigenvalue weighted by Crippen LogP contribution is -2.41. The van der Waals surface area contributed by atoms with E-state index >= 15 is 0 Å². The van der Waals surface area contributed by atoms with Crippen molar-refractivity contribution in [1.82, 2.24) is 0 Å². The first-order chi connectivity index (χ1) is 21.3. The smallest absolute Gasteiger partial charge is 0.316 e. The molecule has 4 aromatic carbocycles. The van der Waals surface area contributed by atoms with Gasteiger partial charge in [0, 0.05) is 36.6 Å². The van der Waals surface area contributed by atoms with Gasteiger partial charge in [-0.3, -0.25) is 19.2 Å². The number of esters is 1. The van der Waals surface area contributed by atoms with Crippen LogP contribution < -0.4 is 14.5 Å². The van der Waals surface area contributed by atoms with Gasteiger partial charge in [-0.25, -0.2) is 4.90 Å². The number of anilines is 2. The summed E-state index contributed by atoms with van der Waals surface area (Å²) < 4.78 is 5.76. The molecule has 3 amide bonds. The fourth-order valence-corrected chi connectivity index (χ4v) is 8.02. The van der Waals surface area contributed by atoms with E-state index in [4.69, 9.17) is 4.74 Å². The minimum atomic E-state index is -0.627. The van der Waals surface area contributed by atoms with E-state index in [0.29, 0.717) is 5.69 Å². The van der Waals surface area contributed by atoms with Crippen LogP contribution in [0.4, 0.5) is 11.4 Å². The summed E-state index contributed by atoms with van der Waals surface area (Å²) in [5.74, 6) is -2.87. The zero-order valence-corrected chi connectivity index (χ0v) is 24.4. The summed E-state index contributed by atoms with van der Waals surface area (Å²) in [6.45, 7) is 4.18. The molecule has 3 atom stereocenters. The third-order valence-electron chi connectivity index (χ3n) is 9.84.